The minimum absolute atomic E-state index is 0.0193. The lowest BCUT2D eigenvalue weighted by Gasteiger charge is -2.19. The monoisotopic (exact) mass is 544 g/mol. The van der Waals surface area contributed by atoms with Crippen molar-refractivity contribution >= 4 is 52.2 Å². The molecule has 0 aliphatic heterocycles. The summed E-state index contributed by atoms with van der Waals surface area (Å²) in [6.07, 6.45) is -1.45. The molecule has 1 aromatic heterocycles. The van der Waals surface area contributed by atoms with Gasteiger partial charge in [0.2, 0.25) is 6.17 Å². The minimum atomic E-state index is -1.45. The molecule has 0 saturated carbocycles. The van der Waals surface area contributed by atoms with E-state index < -0.39 is 12.1 Å². The van der Waals surface area contributed by atoms with Gasteiger partial charge in [0.25, 0.3) is 0 Å². The van der Waals surface area contributed by atoms with E-state index in [9.17, 15) is 9.90 Å². The van der Waals surface area contributed by atoms with E-state index in [1.54, 1.807) is 66.7 Å². The van der Waals surface area contributed by atoms with Gasteiger partial charge in [-0.3, -0.25) is 0 Å². The van der Waals surface area contributed by atoms with Crippen LogP contribution in [0.1, 0.15) is 6.17 Å². The van der Waals surface area contributed by atoms with Crippen molar-refractivity contribution in [3.8, 4) is 28.6 Å². The molecule has 36 heavy (non-hydrogen) atoms. The first-order valence-corrected chi connectivity index (χ1v) is 11.5. The molecule has 1 atom stereocenters. The van der Waals surface area contributed by atoms with Crippen LogP contribution in [0.4, 0.5) is 5.69 Å². The van der Waals surface area contributed by atoms with Gasteiger partial charge in [0.1, 0.15) is 17.2 Å². The van der Waals surface area contributed by atoms with E-state index in [1.807, 2.05) is 0 Å². The number of halogens is 2. The third kappa shape index (κ3) is 5.65. The number of ether oxygens (including phenoxy) is 2. The van der Waals surface area contributed by atoms with Crippen molar-refractivity contribution in [3.05, 3.63) is 76.8 Å². The van der Waals surface area contributed by atoms with Crippen molar-refractivity contribution in [1.29, 1.82) is 0 Å². The zero-order chi connectivity index (χ0) is 25.7. The van der Waals surface area contributed by atoms with Gasteiger partial charge < -0.3 is 25.2 Å². The molecule has 0 radical (unpaired) electrons. The number of carboxylic acid groups (broad SMARTS) is 1. The van der Waals surface area contributed by atoms with Gasteiger partial charge in [0, 0.05) is 5.02 Å². The molecule has 10 nitrogen and oxygen atoms in total. The van der Waals surface area contributed by atoms with E-state index in [1.165, 1.54) is 7.11 Å². The molecule has 0 saturated heterocycles. The number of carbonyl (C=O) groups is 1. The molecule has 3 N–H and O–H groups in total. The molecule has 0 amide bonds. The van der Waals surface area contributed by atoms with E-state index >= 15 is 0 Å². The van der Waals surface area contributed by atoms with Gasteiger partial charge in [-0.15, -0.1) is 5.10 Å². The molecule has 0 aliphatic rings. The van der Waals surface area contributed by atoms with Crippen LogP contribution in [-0.2, 0) is 4.79 Å². The van der Waals surface area contributed by atoms with E-state index in [0.717, 1.165) is 4.68 Å². The Morgan fingerprint density at radius 1 is 1.06 bits per heavy atom. The molecule has 0 spiro atoms. The predicted molar refractivity (Wildman–Crippen MR) is 139 cm³/mol. The number of nitrogens with one attached hydrogen (secondary N) is 2. The Morgan fingerprint density at radius 3 is 2.50 bits per heavy atom. The zero-order valence-corrected chi connectivity index (χ0v) is 20.9. The summed E-state index contributed by atoms with van der Waals surface area (Å²) in [5.74, 6) is 0.0744. The second-order valence-electron chi connectivity index (χ2n) is 7.16. The summed E-state index contributed by atoms with van der Waals surface area (Å²) >= 11 is 17.6. The number of anilines is 1. The van der Waals surface area contributed by atoms with Crippen LogP contribution in [0.5, 0.6) is 17.2 Å². The van der Waals surface area contributed by atoms with Crippen LogP contribution in [0, 0.1) is 0 Å². The van der Waals surface area contributed by atoms with E-state index in [-0.39, 0.29) is 10.9 Å². The van der Waals surface area contributed by atoms with Crippen molar-refractivity contribution < 1.29 is 19.4 Å². The number of nitrogens with zero attached hydrogens (tertiary/aromatic N) is 4. The van der Waals surface area contributed by atoms with Crippen molar-refractivity contribution in [2.75, 3.05) is 12.4 Å². The molecule has 1 heterocycles. The Balaban J connectivity index is 1.63. The van der Waals surface area contributed by atoms with Gasteiger partial charge in [0.15, 0.2) is 10.9 Å². The third-order valence-electron chi connectivity index (χ3n) is 4.84. The van der Waals surface area contributed by atoms with Crippen LogP contribution in [0.15, 0.2) is 66.7 Å². The van der Waals surface area contributed by atoms with Gasteiger partial charge in [0.05, 0.1) is 23.4 Å². The maximum Gasteiger partial charge on any atom is 0.349 e. The second-order valence-corrected chi connectivity index (χ2v) is 8.41. The fourth-order valence-corrected chi connectivity index (χ4v) is 3.89. The van der Waals surface area contributed by atoms with Crippen molar-refractivity contribution in [3.63, 3.8) is 0 Å². The van der Waals surface area contributed by atoms with E-state index in [0.29, 0.717) is 38.5 Å². The molecule has 1 unspecified atom stereocenters. The number of thiocarbonyl (C=S) groups is 1. The number of hydrogen-bond acceptors (Lipinski definition) is 7. The normalized spacial score (nSPS) is 11.4. The first-order chi connectivity index (χ1) is 17.4. The SMILES string of the molecule is COc1ccccc1NC(=S)NC(C(=O)O)n1nnnc1-c1ccccc1Oc1ccc(Cl)cc1Cl. The number of tetrazole rings is 1. The molecule has 3 aromatic carbocycles. The number of para-hydroxylation sites is 3. The second kappa shape index (κ2) is 11.2. The molecule has 184 valence electrons. The number of carboxylic acids is 1. The van der Waals surface area contributed by atoms with Crippen LogP contribution in [-0.4, -0.2) is 43.5 Å². The van der Waals surface area contributed by atoms with Gasteiger partial charge in [-0.25, -0.2) is 4.79 Å². The number of methoxy groups -OCH3 is 1. The molecule has 0 bridgehead atoms. The Bertz CT molecular complexity index is 1420. The van der Waals surface area contributed by atoms with Crippen molar-refractivity contribution in [2.24, 2.45) is 0 Å². The van der Waals surface area contributed by atoms with Crippen LogP contribution in [0.2, 0.25) is 10.0 Å². The average molecular weight is 545 g/mol. The van der Waals surface area contributed by atoms with Crippen LogP contribution < -0.4 is 20.1 Å². The topological polar surface area (TPSA) is 123 Å². The Labute approximate surface area is 220 Å². The fraction of sp³-hybridized carbons (Fsp3) is 0.0870. The number of rotatable bonds is 8. The first kappa shape index (κ1) is 25.2. The minimum Gasteiger partial charge on any atom is -0.495 e. The third-order valence-corrected chi connectivity index (χ3v) is 5.59. The maximum atomic E-state index is 12.2. The summed E-state index contributed by atoms with van der Waals surface area (Å²) < 4.78 is 12.4. The lowest BCUT2D eigenvalue weighted by molar-refractivity contribution is -0.141. The summed E-state index contributed by atoms with van der Waals surface area (Å²) in [6.45, 7) is 0. The van der Waals surface area contributed by atoms with Gasteiger partial charge in [-0.2, -0.15) is 4.68 Å². The molecule has 0 fully saturated rings. The van der Waals surface area contributed by atoms with Crippen molar-refractivity contribution in [2.45, 2.75) is 6.17 Å². The molecule has 4 aromatic rings. The zero-order valence-electron chi connectivity index (χ0n) is 18.6. The lowest BCUT2D eigenvalue weighted by atomic mass is 10.2. The number of benzene rings is 3. The number of aliphatic carboxylic acids is 1. The summed E-state index contributed by atoms with van der Waals surface area (Å²) in [6, 6.07) is 18.7. The quantitative estimate of drug-likeness (QED) is 0.260. The summed E-state index contributed by atoms with van der Waals surface area (Å²) in [5, 5.41) is 28.0. The highest BCUT2D eigenvalue weighted by molar-refractivity contribution is 7.80. The Kier molecular flexibility index (Phi) is 7.84. The number of hydrogen-bond donors (Lipinski definition) is 3. The van der Waals surface area contributed by atoms with Crippen molar-refractivity contribution in [1.82, 2.24) is 25.5 Å². The highest BCUT2D eigenvalue weighted by Gasteiger charge is 2.27. The number of aromatic nitrogens is 4. The highest BCUT2D eigenvalue weighted by Crippen LogP contribution is 2.36. The van der Waals surface area contributed by atoms with Crippen LogP contribution >= 0.6 is 35.4 Å². The molecular formula is C23H18Cl2N6O4S. The highest BCUT2D eigenvalue weighted by atomic mass is 35.5. The molecule has 4 rings (SSSR count). The largest absolute Gasteiger partial charge is 0.495 e. The van der Waals surface area contributed by atoms with Crippen LogP contribution in [0.3, 0.4) is 0 Å². The van der Waals surface area contributed by atoms with E-state index in [4.69, 9.17) is 44.9 Å². The summed E-state index contributed by atoms with van der Waals surface area (Å²) in [5.41, 5.74) is 0.974. The van der Waals surface area contributed by atoms with Gasteiger partial charge >= 0.3 is 5.97 Å². The Hall–Kier alpha value is -3.93. The maximum absolute atomic E-state index is 12.2. The smallest absolute Gasteiger partial charge is 0.349 e. The lowest BCUT2D eigenvalue weighted by Crippen LogP contribution is -2.40. The summed E-state index contributed by atoms with van der Waals surface area (Å²) in [4.78, 5) is 12.2. The molecule has 0 aliphatic carbocycles. The first-order valence-electron chi connectivity index (χ1n) is 10.3. The molecule has 13 heteroatoms. The van der Waals surface area contributed by atoms with Crippen LogP contribution in [0.25, 0.3) is 11.4 Å². The van der Waals surface area contributed by atoms with E-state index in [2.05, 4.69) is 26.2 Å². The standard InChI is InChI=1S/C23H18Cl2N6O4S/c1-34-19-9-5-3-7-16(19)26-23(36)27-21(22(32)33)31-20(28-29-30-31)14-6-2-4-8-17(14)35-18-11-10-13(24)12-15(18)25/h2-12,21H,1H3,(H,32,33)(H2,26,27,36). The van der Waals surface area contributed by atoms with Gasteiger partial charge in [-0.1, -0.05) is 47.5 Å². The summed E-state index contributed by atoms with van der Waals surface area (Å²) in [7, 11) is 1.52. The average Bonchev–Trinajstić information content (AvgIpc) is 3.34. The Morgan fingerprint density at radius 2 is 1.78 bits per heavy atom. The predicted octanol–water partition coefficient (Wildman–Crippen LogP) is 5.02. The van der Waals surface area contributed by atoms with Gasteiger partial charge in [-0.05, 0) is 65.1 Å². The fourth-order valence-electron chi connectivity index (χ4n) is 3.22. The molecular weight excluding hydrogens is 527 g/mol.